The highest BCUT2D eigenvalue weighted by atomic mass is 35.5. The molecule has 1 aromatic rings. The lowest BCUT2D eigenvalue weighted by Crippen LogP contribution is -2.40. The second-order valence-corrected chi connectivity index (χ2v) is 6.72. The van der Waals surface area contributed by atoms with Crippen molar-refractivity contribution in [2.24, 2.45) is 11.7 Å². The van der Waals surface area contributed by atoms with Gasteiger partial charge in [0.05, 0.1) is 18.0 Å². The number of hydrogen-bond acceptors (Lipinski definition) is 4. The number of nitrogens with two attached hydrogens (primary N) is 1. The summed E-state index contributed by atoms with van der Waals surface area (Å²) in [5.74, 6) is -1.13. The van der Waals surface area contributed by atoms with E-state index in [0.717, 1.165) is 18.7 Å². The van der Waals surface area contributed by atoms with Crippen LogP contribution in [0.2, 0.25) is 0 Å². The largest absolute Gasteiger partial charge is 0.325 e. The maximum atomic E-state index is 13.5. The monoisotopic (exact) mass is 353 g/mol. The van der Waals surface area contributed by atoms with Crippen LogP contribution in [0.1, 0.15) is 20.3 Å². The minimum absolute atomic E-state index is 0. The van der Waals surface area contributed by atoms with E-state index in [1.54, 1.807) is 0 Å². The standard InChI is InChI=1S/C13H20FN3O3S.ClH/c1-4-8(2)12(15)13(18)16-9-5-6-10(14)11(7-9)17-21(3,19)20;/h5-8,12,17H,4,15H2,1-3H3,(H,16,18);1H. The first-order valence-corrected chi connectivity index (χ1v) is 8.37. The van der Waals surface area contributed by atoms with Gasteiger partial charge >= 0.3 is 0 Å². The van der Waals surface area contributed by atoms with Crippen molar-refractivity contribution in [3.8, 4) is 0 Å². The van der Waals surface area contributed by atoms with Gasteiger partial charge in [-0.05, 0) is 24.1 Å². The number of benzene rings is 1. The third kappa shape index (κ3) is 6.17. The highest BCUT2D eigenvalue weighted by Gasteiger charge is 2.20. The Labute approximate surface area is 136 Å². The fourth-order valence-electron chi connectivity index (χ4n) is 1.62. The van der Waals surface area contributed by atoms with Gasteiger partial charge in [-0.15, -0.1) is 12.4 Å². The molecule has 0 radical (unpaired) electrons. The maximum absolute atomic E-state index is 13.5. The van der Waals surface area contributed by atoms with E-state index in [9.17, 15) is 17.6 Å². The van der Waals surface area contributed by atoms with E-state index >= 15 is 0 Å². The molecular weight excluding hydrogens is 333 g/mol. The van der Waals surface area contributed by atoms with Crippen molar-refractivity contribution in [3.63, 3.8) is 0 Å². The van der Waals surface area contributed by atoms with Crippen LogP contribution in [0, 0.1) is 11.7 Å². The molecule has 4 N–H and O–H groups in total. The molecule has 0 saturated carbocycles. The van der Waals surface area contributed by atoms with E-state index in [4.69, 9.17) is 5.73 Å². The Morgan fingerprint density at radius 1 is 1.41 bits per heavy atom. The quantitative estimate of drug-likeness (QED) is 0.727. The number of rotatable bonds is 6. The Morgan fingerprint density at radius 3 is 2.50 bits per heavy atom. The van der Waals surface area contributed by atoms with Gasteiger partial charge in [0.1, 0.15) is 5.82 Å². The normalized spacial score (nSPS) is 13.7. The number of carbonyl (C=O) groups is 1. The molecule has 126 valence electrons. The molecule has 0 aliphatic carbocycles. The van der Waals surface area contributed by atoms with Gasteiger partial charge in [0.25, 0.3) is 0 Å². The van der Waals surface area contributed by atoms with Crippen LogP contribution in [0.5, 0.6) is 0 Å². The zero-order chi connectivity index (χ0) is 16.2. The van der Waals surface area contributed by atoms with Crippen LogP contribution in [-0.2, 0) is 14.8 Å². The van der Waals surface area contributed by atoms with Crippen LogP contribution in [0.15, 0.2) is 18.2 Å². The van der Waals surface area contributed by atoms with Crippen LogP contribution < -0.4 is 15.8 Å². The second-order valence-electron chi connectivity index (χ2n) is 4.97. The fourth-order valence-corrected chi connectivity index (χ4v) is 2.17. The van der Waals surface area contributed by atoms with Crippen molar-refractivity contribution in [3.05, 3.63) is 24.0 Å². The predicted molar refractivity (Wildman–Crippen MR) is 88.2 cm³/mol. The molecule has 0 aliphatic heterocycles. The van der Waals surface area contributed by atoms with Gasteiger partial charge in [0.2, 0.25) is 15.9 Å². The summed E-state index contributed by atoms with van der Waals surface area (Å²) in [7, 11) is -3.61. The first-order chi connectivity index (χ1) is 9.64. The molecule has 1 rings (SSSR count). The first-order valence-electron chi connectivity index (χ1n) is 6.47. The lowest BCUT2D eigenvalue weighted by molar-refractivity contribution is -0.118. The SMILES string of the molecule is CCC(C)C(N)C(=O)Nc1ccc(F)c(NS(C)(=O)=O)c1.Cl. The lowest BCUT2D eigenvalue weighted by atomic mass is 9.99. The topological polar surface area (TPSA) is 101 Å². The smallest absolute Gasteiger partial charge is 0.241 e. The number of anilines is 2. The van der Waals surface area contributed by atoms with E-state index in [-0.39, 0.29) is 29.7 Å². The zero-order valence-electron chi connectivity index (χ0n) is 12.6. The van der Waals surface area contributed by atoms with Gasteiger partial charge in [-0.2, -0.15) is 0 Å². The Balaban J connectivity index is 0.00000441. The molecule has 1 amide bonds. The summed E-state index contributed by atoms with van der Waals surface area (Å²) in [5, 5.41) is 2.54. The molecule has 0 heterocycles. The number of halogens is 2. The molecule has 6 nitrogen and oxygen atoms in total. The lowest BCUT2D eigenvalue weighted by Gasteiger charge is -2.18. The molecule has 0 bridgehead atoms. The molecule has 2 atom stereocenters. The minimum Gasteiger partial charge on any atom is -0.325 e. The summed E-state index contributed by atoms with van der Waals surface area (Å²) in [6.45, 7) is 3.77. The van der Waals surface area contributed by atoms with Crippen molar-refractivity contribution in [2.45, 2.75) is 26.3 Å². The van der Waals surface area contributed by atoms with E-state index in [2.05, 4.69) is 5.32 Å². The highest BCUT2D eigenvalue weighted by molar-refractivity contribution is 7.92. The molecule has 22 heavy (non-hydrogen) atoms. The number of amides is 1. The Hall–Kier alpha value is -1.38. The Morgan fingerprint density at radius 2 is 2.00 bits per heavy atom. The van der Waals surface area contributed by atoms with Gasteiger partial charge in [-0.3, -0.25) is 9.52 Å². The van der Waals surface area contributed by atoms with Gasteiger partial charge in [-0.25, -0.2) is 12.8 Å². The molecule has 0 spiro atoms. The predicted octanol–water partition coefficient (Wildman–Crippen LogP) is 1.93. The van der Waals surface area contributed by atoms with Crippen LogP contribution in [0.25, 0.3) is 0 Å². The number of hydrogen-bond donors (Lipinski definition) is 3. The minimum atomic E-state index is -3.61. The number of nitrogens with one attached hydrogen (secondary N) is 2. The fraction of sp³-hybridized carbons (Fsp3) is 0.462. The Bertz CT molecular complexity index is 625. The summed E-state index contributed by atoms with van der Waals surface area (Å²) >= 11 is 0. The van der Waals surface area contributed by atoms with Crippen molar-refractivity contribution in [2.75, 3.05) is 16.3 Å². The van der Waals surface area contributed by atoms with E-state index < -0.39 is 27.8 Å². The van der Waals surface area contributed by atoms with Crippen molar-refractivity contribution < 1.29 is 17.6 Å². The van der Waals surface area contributed by atoms with Crippen LogP contribution in [0.3, 0.4) is 0 Å². The molecule has 0 aromatic heterocycles. The maximum Gasteiger partial charge on any atom is 0.241 e. The second kappa shape index (κ2) is 8.30. The van der Waals surface area contributed by atoms with Crippen LogP contribution in [0.4, 0.5) is 15.8 Å². The molecule has 0 saturated heterocycles. The van der Waals surface area contributed by atoms with E-state index in [0.29, 0.717) is 0 Å². The third-order valence-corrected chi connectivity index (χ3v) is 3.68. The summed E-state index contributed by atoms with van der Waals surface area (Å²) in [5.41, 5.74) is 5.83. The van der Waals surface area contributed by atoms with E-state index in [1.807, 2.05) is 18.6 Å². The van der Waals surface area contributed by atoms with E-state index in [1.165, 1.54) is 12.1 Å². The first kappa shape index (κ1) is 20.6. The van der Waals surface area contributed by atoms with Crippen LogP contribution >= 0.6 is 12.4 Å². The highest BCUT2D eigenvalue weighted by Crippen LogP contribution is 2.21. The van der Waals surface area contributed by atoms with Crippen LogP contribution in [-0.4, -0.2) is 26.6 Å². The molecule has 0 fully saturated rings. The number of sulfonamides is 1. The van der Waals surface area contributed by atoms with Crippen molar-refractivity contribution in [1.82, 2.24) is 0 Å². The molecule has 1 aromatic carbocycles. The summed E-state index contributed by atoms with van der Waals surface area (Å²) in [4.78, 5) is 11.9. The Kier molecular flexibility index (Phi) is 7.78. The summed E-state index contributed by atoms with van der Waals surface area (Å²) < 4.78 is 37.8. The molecule has 2 unspecified atom stereocenters. The van der Waals surface area contributed by atoms with Gasteiger partial charge in [-0.1, -0.05) is 20.3 Å². The zero-order valence-corrected chi connectivity index (χ0v) is 14.2. The average molecular weight is 354 g/mol. The van der Waals surface area contributed by atoms with Crippen molar-refractivity contribution >= 4 is 39.7 Å². The number of carbonyl (C=O) groups excluding carboxylic acids is 1. The van der Waals surface area contributed by atoms with Crippen molar-refractivity contribution in [1.29, 1.82) is 0 Å². The van der Waals surface area contributed by atoms with Gasteiger partial charge < -0.3 is 11.1 Å². The summed E-state index contributed by atoms with van der Waals surface area (Å²) in [6.07, 6.45) is 1.66. The molecular formula is C13H21ClFN3O3S. The average Bonchev–Trinajstić information content (AvgIpc) is 2.39. The molecule has 9 heteroatoms. The summed E-state index contributed by atoms with van der Waals surface area (Å²) in [6, 6.07) is 2.92. The van der Waals surface area contributed by atoms with Gasteiger partial charge in [0, 0.05) is 5.69 Å². The van der Waals surface area contributed by atoms with Gasteiger partial charge in [0.15, 0.2) is 0 Å². The molecule has 0 aliphatic rings. The third-order valence-electron chi connectivity index (χ3n) is 3.09.